The molecule has 0 bridgehead atoms. The van der Waals surface area contributed by atoms with Crippen molar-refractivity contribution in [2.75, 3.05) is 16.8 Å². The lowest BCUT2D eigenvalue weighted by Crippen LogP contribution is -2.37. The fourth-order valence-electron chi connectivity index (χ4n) is 3.58. The number of aromatic nitrogens is 2. The second-order valence-electron chi connectivity index (χ2n) is 7.31. The molecule has 1 N–H and O–H groups in total. The Kier molecular flexibility index (Phi) is 5.05. The summed E-state index contributed by atoms with van der Waals surface area (Å²) in [5.41, 5.74) is 0.972. The summed E-state index contributed by atoms with van der Waals surface area (Å²) in [5.74, 6) is 3.88. The van der Waals surface area contributed by atoms with Gasteiger partial charge in [0.25, 0.3) is 0 Å². The van der Waals surface area contributed by atoms with E-state index in [-0.39, 0.29) is 12.0 Å². The first-order valence-electron chi connectivity index (χ1n) is 9.58. The molecule has 2 atom stereocenters. The van der Waals surface area contributed by atoms with Gasteiger partial charge < -0.3 is 10.1 Å². The molecule has 0 saturated carbocycles. The zero-order valence-electron chi connectivity index (χ0n) is 16.4. The summed E-state index contributed by atoms with van der Waals surface area (Å²) in [6.07, 6.45) is 7.06. The molecule has 2 heterocycles. The Bertz CT molecular complexity index is 1080. The van der Waals surface area contributed by atoms with Gasteiger partial charge in [-0.15, -0.1) is 6.42 Å². The number of carbonyl (C=O) groups excluding carboxylic acids is 1. The molecule has 1 fully saturated rings. The lowest BCUT2D eigenvalue weighted by molar-refractivity contribution is 0.177. The highest BCUT2D eigenvalue weighted by Gasteiger charge is 2.37. The fourth-order valence-corrected chi connectivity index (χ4v) is 3.58. The van der Waals surface area contributed by atoms with Crippen molar-refractivity contribution < 1.29 is 9.53 Å². The van der Waals surface area contributed by atoms with Crippen LogP contribution < -0.4 is 10.2 Å². The van der Waals surface area contributed by atoms with Gasteiger partial charge in [0.15, 0.2) is 0 Å². The van der Waals surface area contributed by atoms with Crippen molar-refractivity contribution in [2.45, 2.75) is 25.9 Å². The maximum Gasteiger partial charge on any atom is 0.415 e. The van der Waals surface area contributed by atoms with E-state index in [1.807, 2.05) is 30.3 Å². The Labute approximate surface area is 169 Å². The van der Waals surface area contributed by atoms with Gasteiger partial charge in [0.2, 0.25) is 5.95 Å². The Morgan fingerprint density at radius 2 is 2.00 bits per heavy atom. The second kappa shape index (κ2) is 7.80. The number of fused-ring (bicyclic) bond motifs is 1. The number of hydrogen-bond donors (Lipinski definition) is 1. The highest BCUT2D eigenvalue weighted by Crippen LogP contribution is 2.28. The normalized spacial score (nSPS) is 17.2. The van der Waals surface area contributed by atoms with E-state index in [9.17, 15) is 4.79 Å². The van der Waals surface area contributed by atoms with Crippen molar-refractivity contribution in [3.8, 4) is 12.3 Å². The number of benzene rings is 2. The summed E-state index contributed by atoms with van der Waals surface area (Å²) in [6.45, 7) is 4.45. The van der Waals surface area contributed by atoms with E-state index in [4.69, 9.17) is 11.2 Å². The minimum Gasteiger partial charge on any atom is -0.447 e. The van der Waals surface area contributed by atoms with Crippen LogP contribution in [-0.2, 0) is 4.74 Å². The lowest BCUT2D eigenvalue weighted by Gasteiger charge is -2.23. The standard InChI is InChI=1S/C23H22N4O2/c1-4-19(18-11-7-9-16-8-5-6-10-17(16)18)25-22-24-13-12-21(26-22)27-20(15(2)3)14-29-23(27)28/h1,5-13,15,19-20H,14H2,2-3H3,(H,24,25,26)/t19-,20-/m1/s1. The van der Waals surface area contributed by atoms with Gasteiger partial charge in [-0.2, -0.15) is 4.98 Å². The lowest BCUT2D eigenvalue weighted by atomic mass is 9.99. The Morgan fingerprint density at radius 1 is 1.21 bits per heavy atom. The summed E-state index contributed by atoms with van der Waals surface area (Å²) in [6, 6.07) is 15.3. The summed E-state index contributed by atoms with van der Waals surface area (Å²) in [4.78, 5) is 22.7. The van der Waals surface area contributed by atoms with Crippen LogP contribution in [0.5, 0.6) is 0 Å². The van der Waals surface area contributed by atoms with E-state index >= 15 is 0 Å². The van der Waals surface area contributed by atoms with Crippen LogP contribution in [0.3, 0.4) is 0 Å². The van der Waals surface area contributed by atoms with E-state index in [1.165, 1.54) is 0 Å². The molecule has 1 saturated heterocycles. The van der Waals surface area contributed by atoms with E-state index in [0.717, 1.165) is 16.3 Å². The molecule has 1 aliphatic rings. The molecule has 0 spiro atoms. The summed E-state index contributed by atoms with van der Waals surface area (Å²) in [7, 11) is 0. The molecular weight excluding hydrogens is 364 g/mol. The van der Waals surface area contributed by atoms with Crippen LogP contribution >= 0.6 is 0 Å². The molecule has 29 heavy (non-hydrogen) atoms. The minimum atomic E-state index is -0.414. The number of hydrogen-bond acceptors (Lipinski definition) is 5. The predicted octanol–water partition coefficient (Wildman–Crippen LogP) is 4.40. The third-order valence-electron chi connectivity index (χ3n) is 5.14. The van der Waals surface area contributed by atoms with Gasteiger partial charge in [0.05, 0.1) is 6.04 Å². The Hall–Kier alpha value is -3.59. The maximum atomic E-state index is 12.2. The molecule has 4 rings (SSSR count). The van der Waals surface area contributed by atoms with Crippen molar-refractivity contribution in [2.24, 2.45) is 5.92 Å². The smallest absolute Gasteiger partial charge is 0.415 e. The molecule has 3 aromatic rings. The monoisotopic (exact) mass is 386 g/mol. The van der Waals surface area contributed by atoms with Crippen molar-refractivity contribution >= 4 is 28.6 Å². The molecule has 1 aliphatic heterocycles. The first kappa shape index (κ1) is 18.8. The Balaban J connectivity index is 1.65. The molecule has 0 aliphatic carbocycles. The van der Waals surface area contributed by atoms with Gasteiger partial charge in [-0.05, 0) is 28.3 Å². The summed E-state index contributed by atoms with van der Waals surface area (Å²) < 4.78 is 5.23. The average molecular weight is 386 g/mol. The first-order valence-corrected chi connectivity index (χ1v) is 9.58. The van der Waals surface area contributed by atoms with E-state index in [2.05, 4.69) is 47.2 Å². The minimum absolute atomic E-state index is 0.0632. The fraction of sp³-hybridized carbons (Fsp3) is 0.261. The zero-order chi connectivity index (χ0) is 20.4. The van der Waals surface area contributed by atoms with Crippen LogP contribution in [0.1, 0.15) is 25.5 Å². The summed E-state index contributed by atoms with van der Waals surface area (Å²) >= 11 is 0. The van der Waals surface area contributed by atoms with Crippen LogP contribution in [0.2, 0.25) is 0 Å². The van der Waals surface area contributed by atoms with Crippen molar-refractivity contribution in [1.29, 1.82) is 0 Å². The number of nitrogens with one attached hydrogen (secondary N) is 1. The molecule has 0 unspecified atom stereocenters. The molecule has 0 radical (unpaired) electrons. The summed E-state index contributed by atoms with van der Waals surface area (Å²) in [5, 5.41) is 5.41. The van der Waals surface area contributed by atoms with Crippen LogP contribution in [0.15, 0.2) is 54.7 Å². The third-order valence-corrected chi connectivity index (χ3v) is 5.14. The predicted molar refractivity (Wildman–Crippen MR) is 114 cm³/mol. The molecule has 6 nitrogen and oxygen atoms in total. The molecule has 2 aromatic carbocycles. The van der Waals surface area contributed by atoms with E-state index in [0.29, 0.717) is 18.4 Å². The van der Waals surface area contributed by atoms with Gasteiger partial charge in [0.1, 0.15) is 18.5 Å². The number of anilines is 2. The van der Waals surface area contributed by atoms with Crippen molar-refractivity contribution in [3.05, 3.63) is 60.3 Å². The largest absolute Gasteiger partial charge is 0.447 e. The molecule has 146 valence electrons. The topological polar surface area (TPSA) is 67.4 Å². The highest BCUT2D eigenvalue weighted by atomic mass is 16.6. The number of rotatable bonds is 5. The first-order chi connectivity index (χ1) is 14.1. The van der Waals surface area contributed by atoms with Crippen molar-refractivity contribution in [3.63, 3.8) is 0 Å². The second-order valence-corrected chi connectivity index (χ2v) is 7.31. The van der Waals surface area contributed by atoms with Crippen LogP contribution in [0.25, 0.3) is 10.8 Å². The number of amides is 1. The van der Waals surface area contributed by atoms with E-state index < -0.39 is 12.1 Å². The average Bonchev–Trinajstić information content (AvgIpc) is 3.13. The number of cyclic esters (lactones) is 1. The van der Waals surface area contributed by atoms with Gasteiger partial charge >= 0.3 is 6.09 Å². The molecule has 6 heteroatoms. The van der Waals surface area contributed by atoms with Crippen LogP contribution in [0, 0.1) is 18.3 Å². The van der Waals surface area contributed by atoms with Gasteiger partial charge in [-0.25, -0.2) is 9.78 Å². The molecule has 1 aromatic heterocycles. The Morgan fingerprint density at radius 3 is 2.79 bits per heavy atom. The van der Waals surface area contributed by atoms with Gasteiger partial charge in [0, 0.05) is 6.20 Å². The van der Waals surface area contributed by atoms with Crippen LogP contribution in [0.4, 0.5) is 16.6 Å². The number of nitrogens with zero attached hydrogens (tertiary/aromatic N) is 3. The maximum absolute atomic E-state index is 12.2. The van der Waals surface area contributed by atoms with Gasteiger partial charge in [-0.3, -0.25) is 4.90 Å². The quantitative estimate of drug-likeness (QED) is 0.659. The number of terminal acetylenes is 1. The third kappa shape index (κ3) is 3.59. The van der Waals surface area contributed by atoms with Crippen LogP contribution in [-0.4, -0.2) is 28.7 Å². The SMILES string of the molecule is C#C[C@@H](Nc1nccc(N2C(=O)OC[C@@H]2C(C)C)n1)c1cccc2ccccc12. The number of ether oxygens (including phenoxy) is 1. The van der Waals surface area contributed by atoms with E-state index in [1.54, 1.807) is 17.2 Å². The molecule has 1 amide bonds. The van der Waals surface area contributed by atoms with Gasteiger partial charge in [-0.1, -0.05) is 62.2 Å². The highest BCUT2D eigenvalue weighted by molar-refractivity contribution is 5.89. The van der Waals surface area contributed by atoms with Crippen molar-refractivity contribution in [1.82, 2.24) is 9.97 Å². The molecular formula is C23H22N4O2. The zero-order valence-corrected chi connectivity index (χ0v) is 16.4. The number of carbonyl (C=O) groups is 1.